The van der Waals surface area contributed by atoms with Crippen LogP contribution in [0.15, 0.2) is 11.1 Å². The molecule has 1 N–H and O–H groups in total. The molecule has 0 aliphatic rings. The molecule has 0 radical (unpaired) electrons. The smallest absolute Gasteiger partial charge is 0.105 e. The molecule has 0 aromatic heterocycles. The average Bonchev–Trinajstić information content (AvgIpc) is 1.89. The van der Waals surface area contributed by atoms with E-state index in [0.29, 0.717) is 0 Å². The van der Waals surface area contributed by atoms with E-state index < -0.39 is 0 Å². The Morgan fingerprint density at radius 1 is 1.31 bits per heavy atom. The summed E-state index contributed by atoms with van der Waals surface area (Å²) in [7, 11) is 3.75. The Balaban J connectivity index is -0.0000000431. The molecule has 0 fully saturated rings. The van der Waals surface area contributed by atoms with Crippen LogP contribution in [-0.4, -0.2) is 18.9 Å². The van der Waals surface area contributed by atoms with E-state index in [4.69, 9.17) is 51.7 Å². The minimum absolute atomic E-state index is 0.111. The molecule has 80 valence electrons. The predicted molar refractivity (Wildman–Crippen MR) is 63.7 cm³/mol. The number of nitrogens with zero attached hydrogens (tertiary/aromatic N) is 1. The molecule has 0 saturated heterocycles. The van der Waals surface area contributed by atoms with Gasteiger partial charge in [0.05, 0.1) is 4.49 Å². The third-order valence-electron chi connectivity index (χ3n) is 0. The number of nitrogens with one attached hydrogen (secondary N) is 1. The van der Waals surface area contributed by atoms with Crippen molar-refractivity contribution in [2.45, 2.75) is 11.8 Å². The van der Waals surface area contributed by atoms with Gasteiger partial charge in [-0.1, -0.05) is 29.8 Å². The monoisotopic (exact) mass is 266 g/mol. The summed E-state index contributed by atoms with van der Waals surface area (Å²) in [5.74, 6) is 0. The molecule has 13 heavy (non-hydrogen) atoms. The highest BCUT2D eigenvalue weighted by Crippen LogP contribution is 1.98. The van der Waals surface area contributed by atoms with Gasteiger partial charge in [0.1, 0.15) is 4.84 Å². The molecular weight excluding hydrogens is 254 g/mol. The Morgan fingerprint density at radius 3 is 1.31 bits per heavy atom. The third-order valence-corrected chi connectivity index (χ3v) is 0. The second-order valence-electron chi connectivity index (χ2n) is 1.36. The topological polar surface area (TPSA) is 35.8 Å². The molecule has 0 aromatic rings. The van der Waals surface area contributed by atoms with E-state index in [1.807, 2.05) is 14.1 Å². The van der Waals surface area contributed by atoms with Gasteiger partial charge in [0.25, 0.3) is 0 Å². The maximum atomic E-state index is 6.50. The van der Waals surface area contributed by atoms with E-state index in [9.17, 15) is 0 Å². The second-order valence-corrected chi connectivity index (χ2v) is 4.00. The van der Waals surface area contributed by atoms with E-state index in [1.165, 1.54) is 0 Å². The molecule has 0 amide bonds. The first-order valence-electron chi connectivity index (χ1n) is 3.00. The van der Waals surface area contributed by atoms with Crippen molar-refractivity contribution in [1.82, 2.24) is 5.32 Å². The molecule has 0 spiro atoms. The first-order valence-corrected chi connectivity index (χ1v) is 4.63. The minimum atomic E-state index is -0.222. The van der Waals surface area contributed by atoms with Crippen LogP contribution in [0.25, 0.3) is 0 Å². The summed E-state index contributed by atoms with van der Waals surface area (Å²) in [6, 6.07) is 0. The molecule has 2 nitrogen and oxygen atoms in total. The van der Waals surface area contributed by atoms with Crippen LogP contribution in [0, 0.1) is 11.8 Å². The van der Waals surface area contributed by atoms with Crippen LogP contribution in [0.1, 0.15) is 6.92 Å². The van der Waals surface area contributed by atoms with Gasteiger partial charge >= 0.3 is 0 Å². The zero-order valence-corrected chi connectivity index (χ0v) is 10.8. The molecule has 0 saturated carbocycles. The number of nitriles is 1. The molecule has 0 bridgehead atoms. The van der Waals surface area contributed by atoms with Crippen LogP contribution in [-0.2, 0) is 0 Å². The number of rotatable bonds is 0. The van der Waals surface area contributed by atoms with E-state index in [0.717, 1.165) is 0 Å². The molecule has 0 unspecified atom stereocenters. The van der Waals surface area contributed by atoms with Crippen molar-refractivity contribution < 1.29 is 0 Å². The van der Waals surface area contributed by atoms with Gasteiger partial charge in [-0.2, -0.15) is 0 Å². The summed E-state index contributed by atoms with van der Waals surface area (Å²) in [5, 5.41) is 9.25. The highest BCUT2D eigenvalue weighted by Gasteiger charge is 1.75. The molecule has 0 rings (SSSR count). The van der Waals surface area contributed by atoms with Crippen LogP contribution in [0.3, 0.4) is 0 Å². The zero-order valence-electron chi connectivity index (χ0n) is 7.82. The van der Waals surface area contributed by atoms with Crippen molar-refractivity contribution in [1.29, 1.82) is 5.26 Å². The largest absolute Gasteiger partial charge is 0.323 e. The first kappa shape index (κ1) is 23.3. The Bertz CT molecular complexity index is 97.2. The lowest BCUT2D eigenvalue weighted by Gasteiger charge is -1.72. The SMILES string of the molecule is C#N.C=C(Cl)Cl.CC(Cl)Cl.CNC. The highest BCUT2D eigenvalue weighted by atomic mass is 35.5. The highest BCUT2D eigenvalue weighted by molar-refractivity contribution is 6.55. The maximum Gasteiger partial charge on any atom is 0.105 e. The van der Waals surface area contributed by atoms with Crippen LogP contribution in [0.4, 0.5) is 0 Å². The maximum absolute atomic E-state index is 6.50. The quantitative estimate of drug-likeness (QED) is 0.679. The van der Waals surface area contributed by atoms with Gasteiger partial charge in [-0.15, -0.1) is 23.2 Å². The fraction of sp³-hybridized carbons (Fsp3) is 0.571. The number of halogens is 4. The molecule has 0 aliphatic heterocycles. The van der Waals surface area contributed by atoms with Gasteiger partial charge in [0.15, 0.2) is 0 Å². The van der Waals surface area contributed by atoms with Gasteiger partial charge in [-0.3, -0.25) is 0 Å². The molecule has 0 heterocycles. The lowest BCUT2D eigenvalue weighted by molar-refractivity contribution is 1.02. The number of hydrogen-bond donors (Lipinski definition) is 1. The van der Waals surface area contributed by atoms with E-state index in [2.05, 4.69) is 18.5 Å². The van der Waals surface area contributed by atoms with Gasteiger partial charge in [-0.25, -0.2) is 5.26 Å². The molecule has 0 aromatic carbocycles. The van der Waals surface area contributed by atoms with Crippen molar-refractivity contribution in [3.8, 4) is 6.57 Å². The average molecular weight is 268 g/mol. The van der Waals surface area contributed by atoms with Gasteiger partial charge in [0, 0.05) is 6.57 Å². The lowest BCUT2D eigenvalue weighted by Crippen LogP contribution is -1.89. The molecular formula is C7H14Cl4N2. The predicted octanol–water partition coefficient (Wildman–Crippen LogP) is 3.72. The van der Waals surface area contributed by atoms with Crippen molar-refractivity contribution in [2.75, 3.05) is 14.1 Å². The standard InChI is InChI=1S/C2H4Cl2.C2H2Cl2.C2H7N.CHN/c2*1-2(3)4;1-3-2;1-2/h2H,1H3;1H2;3H,1-2H3;1H. The normalized spacial score (nSPS) is 6.31. The first-order chi connectivity index (χ1) is 5.88. The van der Waals surface area contributed by atoms with Crippen molar-refractivity contribution in [2.24, 2.45) is 0 Å². The Morgan fingerprint density at radius 2 is 1.31 bits per heavy atom. The third kappa shape index (κ3) is 10800. The molecule has 0 aliphatic carbocycles. The van der Waals surface area contributed by atoms with Crippen molar-refractivity contribution >= 4 is 46.4 Å². The van der Waals surface area contributed by atoms with Crippen molar-refractivity contribution in [3.63, 3.8) is 0 Å². The molecule has 6 heteroatoms. The summed E-state index contributed by atoms with van der Waals surface area (Å²) in [5.41, 5.74) is 0. The number of alkyl halides is 2. The summed E-state index contributed by atoms with van der Waals surface area (Å²) >= 11 is 19.8. The summed E-state index contributed by atoms with van der Waals surface area (Å²) in [6.45, 7) is 8.28. The lowest BCUT2D eigenvalue weighted by atomic mass is 11.0. The van der Waals surface area contributed by atoms with E-state index in [1.54, 1.807) is 6.92 Å². The van der Waals surface area contributed by atoms with E-state index in [-0.39, 0.29) is 9.33 Å². The zero-order chi connectivity index (χ0) is 11.9. The van der Waals surface area contributed by atoms with Gasteiger partial charge in [-0.05, 0) is 21.0 Å². The Kier molecular flexibility index (Phi) is 52.8. The minimum Gasteiger partial charge on any atom is -0.323 e. The summed E-state index contributed by atoms with van der Waals surface area (Å²) in [6.07, 6.45) is 0. The number of hydrogen-bond acceptors (Lipinski definition) is 2. The van der Waals surface area contributed by atoms with Gasteiger partial charge < -0.3 is 5.32 Å². The van der Waals surface area contributed by atoms with Gasteiger partial charge in [0.2, 0.25) is 0 Å². The van der Waals surface area contributed by atoms with Crippen LogP contribution >= 0.6 is 46.4 Å². The van der Waals surface area contributed by atoms with E-state index >= 15 is 0 Å². The molecule has 0 atom stereocenters. The Labute approximate surface area is 100 Å². The summed E-state index contributed by atoms with van der Waals surface area (Å²) in [4.78, 5) is -0.222. The van der Waals surface area contributed by atoms with Crippen LogP contribution < -0.4 is 5.32 Å². The second kappa shape index (κ2) is 29.4. The fourth-order valence-corrected chi connectivity index (χ4v) is 0. The van der Waals surface area contributed by atoms with Crippen molar-refractivity contribution in [3.05, 3.63) is 11.1 Å². The van der Waals surface area contributed by atoms with Crippen LogP contribution in [0.2, 0.25) is 0 Å². The summed E-state index contributed by atoms with van der Waals surface area (Å²) < 4.78 is 0.111. The Hall–Kier alpha value is 0.350. The van der Waals surface area contributed by atoms with Crippen LogP contribution in [0.5, 0.6) is 0 Å². The fourth-order valence-electron chi connectivity index (χ4n) is 0.